The zero-order chi connectivity index (χ0) is 11.8. The molecule has 1 aromatic carbocycles. The van der Waals surface area contributed by atoms with Gasteiger partial charge in [-0.2, -0.15) is 0 Å². The molecule has 0 aliphatic heterocycles. The number of benzene rings is 1. The van der Waals surface area contributed by atoms with Crippen molar-refractivity contribution in [2.24, 2.45) is 0 Å². The summed E-state index contributed by atoms with van der Waals surface area (Å²) < 4.78 is 5.58. The Hall–Kier alpha value is -1.02. The third-order valence-electron chi connectivity index (χ3n) is 2.42. The first-order valence-corrected chi connectivity index (χ1v) is 6.09. The SMILES string of the molecule is CC(C)Oc1ccc(CCCCCO)cc1. The molecular formula is C14H22O2. The van der Waals surface area contributed by atoms with Crippen LogP contribution in [0.25, 0.3) is 0 Å². The Morgan fingerprint density at radius 2 is 1.75 bits per heavy atom. The molecule has 1 rings (SSSR count). The summed E-state index contributed by atoms with van der Waals surface area (Å²) in [6.07, 6.45) is 4.47. The fourth-order valence-electron chi connectivity index (χ4n) is 1.62. The van der Waals surface area contributed by atoms with Gasteiger partial charge in [0.25, 0.3) is 0 Å². The number of unbranched alkanes of at least 4 members (excludes halogenated alkanes) is 2. The van der Waals surface area contributed by atoms with Crippen LogP contribution in [-0.4, -0.2) is 17.8 Å². The number of aliphatic hydroxyl groups is 1. The fourth-order valence-corrected chi connectivity index (χ4v) is 1.62. The molecule has 0 radical (unpaired) electrons. The van der Waals surface area contributed by atoms with Gasteiger partial charge in [0.2, 0.25) is 0 Å². The number of aryl methyl sites for hydroxylation is 1. The lowest BCUT2D eigenvalue weighted by atomic mass is 10.1. The molecule has 0 heterocycles. The zero-order valence-electron chi connectivity index (χ0n) is 10.3. The lowest BCUT2D eigenvalue weighted by Crippen LogP contribution is -2.05. The Bertz CT molecular complexity index is 277. The average Bonchev–Trinajstić information content (AvgIpc) is 2.26. The number of hydrogen-bond acceptors (Lipinski definition) is 2. The van der Waals surface area contributed by atoms with Crippen LogP contribution in [0.2, 0.25) is 0 Å². The molecule has 90 valence electrons. The van der Waals surface area contributed by atoms with Gasteiger partial charge in [-0.05, 0) is 50.8 Å². The Balaban J connectivity index is 2.33. The number of aliphatic hydroxyl groups excluding tert-OH is 1. The second-order valence-electron chi connectivity index (χ2n) is 4.34. The van der Waals surface area contributed by atoms with Crippen molar-refractivity contribution in [3.8, 4) is 5.75 Å². The van der Waals surface area contributed by atoms with Gasteiger partial charge in [-0.1, -0.05) is 18.6 Å². The minimum atomic E-state index is 0.232. The average molecular weight is 222 g/mol. The van der Waals surface area contributed by atoms with E-state index in [-0.39, 0.29) is 6.10 Å². The molecule has 0 bridgehead atoms. The van der Waals surface area contributed by atoms with Crippen LogP contribution in [0.15, 0.2) is 24.3 Å². The minimum Gasteiger partial charge on any atom is -0.491 e. The highest BCUT2D eigenvalue weighted by molar-refractivity contribution is 5.27. The lowest BCUT2D eigenvalue weighted by molar-refractivity contribution is 0.242. The monoisotopic (exact) mass is 222 g/mol. The van der Waals surface area contributed by atoms with E-state index < -0.39 is 0 Å². The predicted molar refractivity (Wildman–Crippen MR) is 66.8 cm³/mol. The summed E-state index contributed by atoms with van der Waals surface area (Å²) in [6.45, 7) is 4.37. The summed E-state index contributed by atoms with van der Waals surface area (Å²) in [5.41, 5.74) is 1.34. The van der Waals surface area contributed by atoms with Gasteiger partial charge in [-0.25, -0.2) is 0 Å². The van der Waals surface area contributed by atoms with Crippen LogP contribution >= 0.6 is 0 Å². The first-order chi connectivity index (χ1) is 7.72. The molecule has 0 aromatic heterocycles. The second kappa shape index (κ2) is 7.29. The van der Waals surface area contributed by atoms with E-state index in [2.05, 4.69) is 12.1 Å². The molecular weight excluding hydrogens is 200 g/mol. The van der Waals surface area contributed by atoms with Crippen molar-refractivity contribution >= 4 is 0 Å². The summed E-state index contributed by atoms with van der Waals surface area (Å²) in [4.78, 5) is 0. The van der Waals surface area contributed by atoms with Crippen molar-refractivity contribution in [1.82, 2.24) is 0 Å². The van der Waals surface area contributed by atoms with Gasteiger partial charge in [0.15, 0.2) is 0 Å². The van der Waals surface area contributed by atoms with Crippen LogP contribution in [0, 0.1) is 0 Å². The maximum atomic E-state index is 8.67. The number of ether oxygens (including phenoxy) is 1. The smallest absolute Gasteiger partial charge is 0.119 e. The van der Waals surface area contributed by atoms with Crippen molar-refractivity contribution in [3.63, 3.8) is 0 Å². The Morgan fingerprint density at radius 1 is 1.06 bits per heavy atom. The van der Waals surface area contributed by atoms with Crippen LogP contribution < -0.4 is 4.74 Å². The van der Waals surface area contributed by atoms with Crippen LogP contribution in [0.4, 0.5) is 0 Å². The predicted octanol–water partition coefficient (Wildman–Crippen LogP) is 3.18. The highest BCUT2D eigenvalue weighted by Gasteiger charge is 1.98. The van der Waals surface area contributed by atoms with Gasteiger partial charge in [-0.15, -0.1) is 0 Å². The molecule has 2 nitrogen and oxygen atoms in total. The van der Waals surface area contributed by atoms with E-state index in [9.17, 15) is 0 Å². The van der Waals surface area contributed by atoms with Gasteiger partial charge < -0.3 is 9.84 Å². The summed E-state index contributed by atoms with van der Waals surface area (Å²) in [7, 11) is 0. The molecule has 16 heavy (non-hydrogen) atoms. The van der Waals surface area contributed by atoms with E-state index >= 15 is 0 Å². The zero-order valence-corrected chi connectivity index (χ0v) is 10.3. The molecule has 0 fully saturated rings. The molecule has 2 heteroatoms. The first kappa shape index (κ1) is 13.0. The summed E-state index contributed by atoms with van der Waals surface area (Å²) in [6, 6.07) is 8.30. The van der Waals surface area contributed by atoms with Crippen LogP contribution in [0.3, 0.4) is 0 Å². The van der Waals surface area contributed by atoms with Crippen molar-refractivity contribution in [1.29, 1.82) is 0 Å². The Morgan fingerprint density at radius 3 is 2.31 bits per heavy atom. The molecule has 1 aromatic rings. The van der Waals surface area contributed by atoms with Gasteiger partial charge >= 0.3 is 0 Å². The van der Waals surface area contributed by atoms with Crippen molar-refractivity contribution < 1.29 is 9.84 Å². The van der Waals surface area contributed by atoms with E-state index in [0.29, 0.717) is 6.61 Å². The third-order valence-corrected chi connectivity index (χ3v) is 2.42. The molecule has 0 unspecified atom stereocenters. The summed E-state index contributed by atoms with van der Waals surface area (Å²) in [5, 5.41) is 8.67. The van der Waals surface area contributed by atoms with E-state index in [1.165, 1.54) is 5.56 Å². The van der Waals surface area contributed by atoms with Crippen molar-refractivity contribution in [2.45, 2.75) is 45.6 Å². The maximum Gasteiger partial charge on any atom is 0.119 e. The number of rotatable bonds is 7. The van der Waals surface area contributed by atoms with Gasteiger partial charge in [0, 0.05) is 6.61 Å². The molecule has 0 amide bonds. The molecule has 0 aliphatic rings. The maximum absolute atomic E-state index is 8.67. The molecule has 0 saturated carbocycles. The highest BCUT2D eigenvalue weighted by Crippen LogP contribution is 2.15. The summed E-state index contributed by atoms with van der Waals surface area (Å²) in [5.74, 6) is 0.939. The van der Waals surface area contributed by atoms with Crippen LogP contribution in [0.1, 0.15) is 38.7 Å². The normalized spacial score (nSPS) is 10.8. The fraction of sp³-hybridized carbons (Fsp3) is 0.571. The molecule has 0 spiro atoms. The van der Waals surface area contributed by atoms with E-state index in [1.807, 2.05) is 26.0 Å². The third kappa shape index (κ3) is 5.17. The van der Waals surface area contributed by atoms with Crippen LogP contribution in [0.5, 0.6) is 5.75 Å². The van der Waals surface area contributed by atoms with Crippen LogP contribution in [-0.2, 0) is 6.42 Å². The second-order valence-corrected chi connectivity index (χ2v) is 4.34. The molecule has 0 aliphatic carbocycles. The van der Waals surface area contributed by atoms with Gasteiger partial charge in [-0.3, -0.25) is 0 Å². The van der Waals surface area contributed by atoms with Crippen molar-refractivity contribution in [2.75, 3.05) is 6.61 Å². The van der Waals surface area contributed by atoms with E-state index in [0.717, 1.165) is 31.4 Å². The first-order valence-electron chi connectivity index (χ1n) is 6.09. The van der Waals surface area contributed by atoms with Gasteiger partial charge in [0.1, 0.15) is 5.75 Å². The number of hydrogen-bond donors (Lipinski definition) is 1. The highest BCUT2D eigenvalue weighted by atomic mass is 16.5. The standard InChI is InChI=1S/C14H22O2/c1-12(2)16-14-9-7-13(8-10-14)6-4-3-5-11-15/h7-10,12,15H,3-6,11H2,1-2H3. The Labute approximate surface area is 98.3 Å². The summed E-state index contributed by atoms with van der Waals surface area (Å²) >= 11 is 0. The van der Waals surface area contributed by atoms with Gasteiger partial charge in [0.05, 0.1) is 6.10 Å². The quantitative estimate of drug-likeness (QED) is 0.718. The molecule has 0 atom stereocenters. The van der Waals surface area contributed by atoms with E-state index in [4.69, 9.17) is 9.84 Å². The Kier molecular flexibility index (Phi) is 5.94. The topological polar surface area (TPSA) is 29.5 Å². The van der Waals surface area contributed by atoms with E-state index in [1.54, 1.807) is 0 Å². The minimum absolute atomic E-state index is 0.232. The lowest BCUT2D eigenvalue weighted by Gasteiger charge is -2.10. The van der Waals surface area contributed by atoms with Crippen molar-refractivity contribution in [3.05, 3.63) is 29.8 Å². The molecule has 1 N–H and O–H groups in total. The molecule has 0 saturated heterocycles. The largest absolute Gasteiger partial charge is 0.491 e.